The average Bonchev–Trinajstić information content (AvgIpc) is 2.59. The van der Waals surface area contributed by atoms with Crippen LogP contribution in [0.1, 0.15) is 5.56 Å². The lowest BCUT2D eigenvalue weighted by Gasteiger charge is -2.12. The van der Waals surface area contributed by atoms with Crippen molar-refractivity contribution in [3.8, 4) is 11.5 Å². The Morgan fingerprint density at radius 2 is 1.89 bits per heavy atom. The number of ether oxygens (including phenoxy) is 2. The third-order valence-corrected chi connectivity index (χ3v) is 4.19. The lowest BCUT2D eigenvalue weighted by atomic mass is 10.2. The molecule has 0 aromatic heterocycles. The number of thioether (sulfide) groups is 1. The molecule has 0 atom stereocenters. The molecule has 0 bridgehead atoms. The Labute approximate surface area is 155 Å². The van der Waals surface area contributed by atoms with Gasteiger partial charge in [0.15, 0.2) is 11.5 Å². The van der Waals surface area contributed by atoms with Crippen molar-refractivity contribution in [3.05, 3.63) is 48.0 Å². The molecular formula is C17H14F5NO3S. The zero-order valence-electron chi connectivity index (χ0n) is 13.8. The summed E-state index contributed by atoms with van der Waals surface area (Å²) >= 11 is 0.913. The van der Waals surface area contributed by atoms with E-state index in [2.05, 4.69) is 10.1 Å². The topological polar surface area (TPSA) is 47.6 Å². The second-order valence-electron chi connectivity index (χ2n) is 5.11. The Bertz CT molecular complexity index is 798. The molecule has 0 aliphatic heterocycles. The van der Waals surface area contributed by atoms with Crippen LogP contribution in [-0.2, 0) is 11.0 Å². The van der Waals surface area contributed by atoms with Crippen LogP contribution >= 0.6 is 11.8 Å². The van der Waals surface area contributed by atoms with Crippen LogP contribution < -0.4 is 14.8 Å². The smallest absolute Gasteiger partial charge is 0.416 e. The first-order valence-corrected chi connectivity index (χ1v) is 8.40. The molecule has 0 saturated heterocycles. The van der Waals surface area contributed by atoms with E-state index in [4.69, 9.17) is 4.74 Å². The monoisotopic (exact) mass is 407 g/mol. The number of hydrogen-bond acceptors (Lipinski definition) is 4. The molecule has 0 aliphatic carbocycles. The second-order valence-corrected chi connectivity index (χ2v) is 6.16. The molecule has 1 amide bonds. The van der Waals surface area contributed by atoms with Gasteiger partial charge in [-0.15, -0.1) is 11.8 Å². The summed E-state index contributed by atoms with van der Waals surface area (Å²) in [6.07, 6.45) is -4.47. The van der Waals surface area contributed by atoms with E-state index in [9.17, 15) is 26.7 Å². The minimum atomic E-state index is -4.47. The molecule has 10 heteroatoms. The van der Waals surface area contributed by atoms with Crippen molar-refractivity contribution >= 4 is 23.4 Å². The minimum absolute atomic E-state index is 0.0617. The number of benzene rings is 2. The number of rotatable bonds is 7. The van der Waals surface area contributed by atoms with Gasteiger partial charge in [-0.1, -0.05) is 6.07 Å². The highest BCUT2D eigenvalue weighted by atomic mass is 32.2. The molecule has 0 saturated carbocycles. The number of nitrogens with one attached hydrogen (secondary N) is 1. The van der Waals surface area contributed by atoms with Crippen molar-refractivity contribution in [1.29, 1.82) is 0 Å². The van der Waals surface area contributed by atoms with Crippen LogP contribution in [0, 0.1) is 0 Å². The summed E-state index contributed by atoms with van der Waals surface area (Å²) in [7, 11) is 1.28. The number of hydrogen-bond donors (Lipinski definition) is 1. The summed E-state index contributed by atoms with van der Waals surface area (Å²) in [6.45, 7) is -3.07. The number of carbonyl (C=O) groups is 1. The summed E-state index contributed by atoms with van der Waals surface area (Å²) in [4.78, 5) is 12.3. The first kappa shape index (κ1) is 20.8. The molecule has 2 rings (SSSR count). The van der Waals surface area contributed by atoms with Crippen molar-refractivity contribution in [1.82, 2.24) is 0 Å². The molecule has 1 N–H and O–H groups in total. The zero-order valence-corrected chi connectivity index (χ0v) is 14.7. The Hall–Kier alpha value is -2.49. The van der Waals surface area contributed by atoms with E-state index >= 15 is 0 Å². The molecule has 2 aromatic carbocycles. The maximum Gasteiger partial charge on any atom is 0.416 e. The maximum atomic E-state index is 12.7. The molecule has 0 radical (unpaired) electrons. The van der Waals surface area contributed by atoms with Gasteiger partial charge in [-0.25, -0.2) is 0 Å². The molecule has 2 aromatic rings. The Morgan fingerprint density at radius 3 is 2.52 bits per heavy atom. The zero-order chi connectivity index (χ0) is 20.0. The van der Waals surface area contributed by atoms with Crippen molar-refractivity contribution < 1.29 is 36.2 Å². The van der Waals surface area contributed by atoms with Gasteiger partial charge in [0.25, 0.3) is 0 Å². The van der Waals surface area contributed by atoms with Crippen LogP contribution in [0.25, 0.3) is 0 Å². The maximum absolute atomic E-state index is 12.7. The summed E-state index contributed by atoms with van der Waals surface area (Å²) in [5, 5.41) is 2.46. The third-order valence-electron chi connectivity index (χ3n) is 3.19. The minimum Gasteiger partial charge on any atom is -0.493 e. The molecular weight excluding hydrogens is 393 g/mol. The van der Waals surface area contributed by atoms with Gasteiger partial charge in [-0.2, -0.15) is 22.0 Å². The summed E-state index contributed by atoms with van der Waals surface area (Å²) in [5.41, 5.74) is -0.627. The van der Waals surface area contributed by atoms with Crippen molar-refractivity contribution in [2.24, 2.45) is 0 Å². The average molecular weight is 407 g/mol. The van der Waals surface area contributed by atoms with Crippen LogP contribution in [0.2, 0.25) is 0 Å². The highest BCUT2D eigenvalue weighted by Crippen LogP contribution is 2.33. The quantitative estimate of drug-likeness (QED) is 0.516. The standard InChI is InChI=1S/C17H14F5NO3S/c1-25-13-6-5-11(8-14(13)26-16(18)19)23-15(24)9-27-12-4-2-3-10(7-12)17(20,21)22/h2-8,16H,9H2,1H3,(H,23,24). The van der Waals surface area contributed by atoms with Crippen molar-refractivity contribution in [2.75, 3.05) is 18.2 Å². The largest absolute Gasteiger partial charge is 0.493 e. The van der Waals surface area contributed by atoms with Gasteiger partial charge < -0.3 is 14.8 Å². The van der Waals surface area contributed by atoms with Gasteiger partial charge in [0, 0.05) is 16.6 Å². The molecule has 146 valence electrons. The lowest BCUT2D eigenvalue weighted by molar-refractivity contribution is -0.137. The second kappa shape index (κ2) is 8.94. The van der Waals surface area contributed by atoms with Gasteiger partial charge in [-0.3, -0.25) is 4.79 Å². The van der Waals surface area contributed by atoms with Crippen molar-refractivity contribution in [3.63, 3.8) is 0 Å². The number of alkyl halides is 5. The molecule has 0 heterocycles. The molecule has 0 fully saturated rings. The van der Waals surface area contributed by atoms with Crippen molar-refractivity contribution in [2.45, 2.75) is 17.7 Å². The Kier molecular flexibility index (Phi) is 6.89. The summed E-state index contributed by atoms with van der Waals surface area (Å²) in [6, 6.07) is 8.51. The van der Waals surface area contributed by atoms with E-state index in [0.29, 0.717) is 0 Å². The number of anilines is 1. The summed E-state index contributed by atoms with van der Waals surface area (Å²) in [5.74, 6) is -0.883. The normalized spacial score (nSPS) is 11.4. The Balaban J connectivity index is 2.00. The third kappa shape index (κ3) is 6.31. The van der Waals surface area contributed by atoms with Crippen LogP contribution in [0.3, 0.4) is 0 Å². The van der Waals surface area contributed by atoms with E-state index in [1.54, 1.807) is 0 Å². The number of carbonyl (C=O) groups excluding carboxylic acids is 1. The number of methoxy groups -OCH3 is 1. The van der Waals surface area contributed by atoms with E-state index in [-0.39, 0.29) is 27.8 Å². The van der Waals surface area contributed by atoms with Gasteiger partial charge in [0.1, 0.15) is 0 Å². The van der Waals surface area contributed by atoms with Gasteiger partial charge in [0.2, 0.25) is 5.91 Å². The highest BCUT2D eigenvalue weighted by Gasteiger charge is 2.30. The fourth-order valence-corrected chi connectivity index (χ4v) is 2.81. The molecule has 0 spiro atoms. The fourth-order valence-electron chi connectivity index (χ4n) is 2.05. The molecule has 4 nitrogen and oxygen atoms in total. The molecule has 27 heavy (non-hydrogen) atoms. The first-order chi connectivity index (χ1) is 12.7. The van der Waals surface area contributed by atoms with Gasteiger partial charge in [0.05, 0.1) is 18.4 Å². The van der Waals surface area contributed by atoms with Crippen LogP contribution in [0.4, 0.5) is 27.6 Å². The SMILES string of the molecule is COc1ccc(NC(=O)CSc2cccc(C(F)(F)F)c2)cc1OC(F)F. The van der Waals surface area contributed by atoms with Gasteiger partial charge >= 0.3 is 12.8 Å². The van der Waals surface area contributed by atoms with E-state index in [1.165, 1.54) is 31.4 Å². The highest BCUT2D eigenvalue weighted by molar-refractivity contribution is 8.00. The number of halogens is 5. The van der Waals surface area contributed by atoms with E-state index in [0.717, 1.165) is 30.0 Å². The molecule has 0 aliphatic rings. The lowest BCUT2D eigenvalue weighted by Crippen LogP contribution is -2.14. The number of amides is 1. The van der Waals surface area contributed by atoms with E-state index in [1.807, 2.05) is 0 Å². The van der Waals surface area contributed by atoms with Crippen LogP contribution in [-0.4, -0.2) is 25.4 Å². The van der Waals surface area contributed by atoms with Crippen LogP contribution in [0.15, 0.2) is 47.4 Å². The predicted octanol–water partition coefficient (Wildman–Crippen LogP) is 5.05. The Morgan fingerprint density at radius 1 is 1.15 bits per heavy atom. The first-order valence-electron chi connectivity index (χ1n) is 7.42. The molecule has 0 unspecified atom stereocenters. The van der Waals surface area contributed by atoms with Crippen LogP contribution in [0.5, 0.6) is 11.5 Å². The van der Waals surface area contributed by atoms with Gasteiger partial charge in [-0.05, 0) is 30.3 Å². The fraction of sp³-hybridized carbons (Fsp3) is 0.235. The predicted molar refractivity (Wildman–Crippen MR) is 90.4 cm³/mol. The summed E-state index contributed by atoms with van der Waals surface area (Å²) < 4.78 is 72.1. The van der Waals surface area contributed by atoms with E-state index < -0.39 is 24.3 Å².